The number of rotatable bonds is 10. The van der Waals surface area contributed by atoms with E-state index in [2.05, 4.69) is 5.32 Å². The van der Waals surface area contributed by atoms with E-state index in [1.54, 1.807) is 6.92 Å². The maximum absolute atomic E-state index is 13.5. The summed E-state index contributed by atoms with van der Waals surface area (Å²) < 4.78 is 26.1. The van der Waals surface area contributed by atoms with Crippen molar-refractivity contribution in [2.75, 3.05) is 23.7 Å². The second kappa shape index (κ2) is 11.9. The molecule has 0 saturated heterocycles. The zero-order chi connectivity index (χ0) is 25.6. The fraction of sp³-hybridized carbons (Fsp3) is 0.417. The number of hydrogen-bond acceptors (Lipinski definition) is 4. The van der Waals surface area contributed by atoms with Crippen LogP contribution < -0.4 is 9.62 Å². The van der Waals surface area contributed by atoms with Crippen molar-refractivity contribution in [3.63, 3.8) is 0 Å². The van der Waals surface area contributed by atoms with E-state index in [0.29, 0.717) is 11.6 Å². The number of hydrogen-bond donors (Lipinski definition) is 1. The normalized spacial score (nSPS) is 12.4. The minimum atomic E-state index is -3.87. The fourth-order valence-corrected chi connectivity index (χ4v) is 4.63. The topological polar surface area (TPSA) is 86.8 Å². The summed E-state index contributed by atoms with van der Waals surface area (Å²) in [6.45, 7) is 7.61. The first-order valence-corrected chi connectivity index (χ1v) is 13.5. The van der Waals surface area contributed by atoms with Gasteiger partial charge < -0.3 is 10.2 Å². The van der Waals surface area contributed by atoms with Crippen molar-refractivity contribution < 1.29 is 18.0 Å². The molecule has 0 aliphatic heterocycles. The van der Waals surface area contributed by atoms with Gasteiger partial charge in [-0.15, -0.1) is 0 Å². The molecule has 0 aromatic heterocycles. The zero-order valence-corrected chi connectivity index (χ0v) is 22.3. The first kappa shape index (κ1) is 28.0. The van der Waals surface area contributed by atoms with E-state index >= 15 is 0 Å². The Kier molecular flexibility index (Phi) is 9.79. The lowest BCUT2D eigenvalue weighted by atomic mass is 10.1. The Hall–Kier alpha value is -2.29. The standard InChI is InChI=1S/C24H31Cl2N3O4S/c1-16(2)13-27-24(31)18(4)28(14-19-8-6-17(3)7-9-19)23(30)15-29(34(5,32)33)22-11-10-20(25)12-21(22)26/h6-12,16,18H,13-15H2,1-5H3,(H,27,31)/t18-/m1/s1. The summed E-state index contributed by atoms with van der Waals surface area (Å²) in [7, 11) is -3.87. The number of benzene rings is 2. The van der Waals surface area contributed by atoms with E-state index in [0.717, 1.165) is 21.7 Å². The second-order valence-electron chi connectivity index (χ2n) is 8.69. The van der Waals surface area contributed by atoms with E-state index < -0.39 is 28.5 Å². The Labute approximate surface area is 212 Å². The minimum Gasteiger partial charge on any atom is -0.354 e. The number of carbonyl (C=O) groups excluding carboxylic acids is 2. The van der Waals surface area contributed by atoms with Crippen molar-refractivity contribution in [2.24, 2.45) is 5.92 Å². The Balaban J connectivity index is 2.39. The third-order valence-corrected chi connectivity index (χ3v) is 6.85. The number of sulfonamides is 1. The van der Waals surface area contributed by atoms with Crippen LogP contribution in [0.3, 0.4) is 0 Å². The molecule has 0 aliphatic rings. The molecular weight excluding hydrogens is 497 g/mol. The third kappa shape index (κ3) is 7.89. The lowest BCUT2D eigenvalue weighted by molar-refractivity contribution is -0.139. The van der Waals surface area contributed by atoms with Crippen LogP contribution >= 0.6 is 23.2 Å². The molecule has 0 radical (unpaired) electrons. The molecule has 10 heteroatoms. The van der Waals surface area contributed by atoms with Gasteiger partial charge in [0.2, 0.25) is 21.8 Å². The Morgan fingerprint density at radius 1 is 1.03 bits per heavy atom. The summed E-state index contributed by atoms with van der Waals surface area (Å²) in [5.41, 5.74) is 2.01. The number of halogens is 2. The highest BCUT2D eigenvalue weighted by molar-refractivity contribution is 7.92. The van der Waals surface area contributed by atoms with Gasteiger partial charge in [-0.05, 0) is 43.5 Å². The van der Waals surface area contributed by atoms with E-state index in [9.17, 15) is 18.0 Å². The molecule has 1 atom stereocenters. The van der Waals surface area contributed by atoms with Crippen LogP contribution in [-0.4, -0.2) is 50.5 Å². The minimum absolute atomic E-state index is 0.0959. The molecule has 0 aliphatic carbocycles. The smallest absolute Gasteiger partial charge is 0.244 e. The number of nitrogens with zero attached hydrogens (tertiary/aromatic N) is 2. The van der Waals surface area contributed by atoms with E-state index in [-0.39, 0.29) is 29.1 Å². The third-order valence-electron chi connectivity index (χ3n) is 5.18. The van der Waals surface area contributed by atoms with Crippen LogP contribution in [0.5, 0.6) is 0 Å². The number of aryl methyl sites for hydroxylation is 1. The number of amides is 2. The van der Waals surface area contributed by atoms with Gasteiger partial charge in [0.05, 0.1) is 17.0 Å². The molecule has 0 unspecified atom stereocenters. The summed E-state index contributed by atoms with van der Waals surface area (Å²) in [6.07, 6.45) is 0.994. The summed E-state index contributed by atoms with van der Waals surface area (Å²) in [5.74, 6) is -0.612. The summed E-state index contributed by atoms with van der Waals surface area (Å²) >= 11 is 12.2. The van der Waals surface area contributed by atoms with Crippen molar-refractivity contribution in [1.82, 2.24) is 10.2 Å². The van der Waals surface area contributed by atoms with Crippen LogP contribution in [0.4, 0.5) is 5.69 Å². The van der Waals surface area contributed by atoms with Crippen molar-refractivity contribution >= 4 is 50.7 Å². The summed E-state index contributed by atoms with van der Waals surface area (Å²) in [6, 6.07) is 11.1. The SMILES string of the molecule is Cc1ccc(CN(C(=O)CN(c2ccc(Cl)cc2Cl)S(C)(=O)=O)[C@H](C)C(=O)NCC(C)C)cc1. The molecule has 2 aromatic carbocycles. The maximum atomic E-state index is 13.5. The number of carbonyl (C=O) groups is 2. The maximum Gasteiger partial charge on any atom is 0.244 e. The first-order valence-electron chi connectivity index (χ1n) is 10.8. The van der Waals surface area contributed by atoms with Crippen LogP contribution in [-0.2, 0) is 26.2 Å². The molecular formula is C24H31Cl2N3O4S. The van der Waals surface area contributed by atoms with E-state index in [1.165, 1.54) is 23.1 Å². The molecule has 2 aromatic rings. The predicted octanol–water partition coefficient (Wildman–Crippen LogP) is 4.26. The van der Waals surface area contributed by atoms with Crippen molar-refractivity contribution in [2.45, 2.75) is 40.3 Å². The Morgan fingerprint density at radius 3 is 2.18 bits per heavy atom. The lowest BCUT2D eigenvalue weighted by Gasteiger charge is -2.32. The molecule has 34 heavy (non-hydrogen) atoms. The van der Waals surface area contributed by atoms with Gasteiger partial charge in [0.15, 0.2) is 0 Å². The van der Waals surface area contributed by atoms with E-state index in [1.807, 2.05) is 45.0 Å². The van der Waals surface area contributed by atoms with Gasteiger partial charge in [0.1, 0.15) is 12.6 Å². The lowest BCUT2D eigenvalue weighted by Crippen LogP contribution is -2.51. The van der Waals surface area contributed by atoms with Gasteiger partial charge in [-0.1, -0.05) is 66.9 Å². The van der Waals surface area contributed by atoms with Gasteiger partial charge in [-0.3, -0.25) is 13.9 Å². The molecule has 1 N–H and O–H groups in total. The molecule has 0 bridgehead atoms. The number of nitrogens with one attached hydrogen (secondary N) is 1. The van der Waals surface area contributed by atoms with Crippen LogP contribution in [0.1, 0.15) is 31.9 Å². The molecule has 2 amide bonds. The van der Waals surface area contributed by atoms with Crippen molar-refractivity contribution in [1.29, 1.82) is 0 Å². The molecule has 186 valence electrons. The van der Waals surface area contributed by atoms with Crippen LogP contribution in [0.25, 0.3) is 0 Å². The zero-order valence-electron chi connectivity index (χ0n) is 20.0. The first-order chi connectivity index (χ1) is 15.8. The average molecular weight is 529 g/mol. The number of anilines is 1. The van der Waals surface area contributed by atoms with Gasteiger partial charge in [-0.25, -0.2) is 8.42 Å². The van der Waals surface area contributed by atoms with E-state index in [4.69, 9.17) is 23.2 Å². The summed E-state index contributed by atoms with van der Waals surface area (Å²) in [4.78, 5) is 27.7. The van der Waals surface area contributed by atoms with Crippen LogP contribution in [0.15, 0.2) is 42.5 Å². The Bertz CT molecular complexity index is 1120. The molecule has 0 spiro atoms. The van der Waals surface area contributed by atoms with Gasteiger partial charge in [-0.2, -0.15) is 0 Å². The fourth-order valence-electron chi connectivity index (χ4n) is 3.20. The monoisotopic (exact) mass is 527 g/mol. The highest BCUT2D eigenvalue weighted by Crippen LogP contribution is 2.30. The second-order valence-corrected chi connectivity index (χ2v) is 11.4. The van der Waals surface area contributed by atoms with Crippen molar-refractivity contribution in [3.05, 3.63) is 63.6 Å². The van der Waals surface area contributed by atoms with Crippen molar-refractivity contribution in [3.8, 4) is 0 Å². The Morgan fingerprint density at radius 2 is 1.65 bits per heavy atom. The molecule has 0 fully saturated rings. The van der Waals surface area contributed by atoms with Crippen LogP contribution in [0.2, 0.25) is 10.0 Å². The van der Waals surface area contributed by atoms with Gasteiger partial charge in [0, 0.05) is 18.1 Å². The summed E-state index contributed by atoms with van der Waals surface area (Å²) in [5, 5.41) is 3.28. The average Bonchev–Trinajstić information content (AvgIpc) is 2.74. The highest BCUT2D eigenvalue weighted by atomic mass is 35.5. The molecule has 2 rings (SSSR count). The van der Waals surface area contributed by atoms with Gasteiger partial charge in [0.25, 0.3) is 0 Å². The molecule has 0 heterocycles. The van der Waals surface area contributed by atoms with Crippen LogP contribution in [0, 0.1) is 12.8 Å². The molecule has 7 nitrogen and oxygen atoms in total. The highest BCUT2D eigenvalue weighted by Gasteiger charge is 2.30. The van der Waals surface area contributed by atoms with Gasteiger partial charge >= 0.3 is 0 Å². The quantitative estimate of drug-likeness (QED) is 0.500. The predicted molar refractivity (Wildman–Crippen MR) is 138 cm³/mol. The molecule has 0 saturated carbocycles. The largest absolute Gasteiger partial charge is 0.354 e.